The Bertz CT molecular complexity index is 613. The second-order valence-corrected chi connectivity index (χ2v) is 6.60. The fourth-order valence-corrected chi connectivity index (χ4v) is 2.49. The number of hydrogen-bond acceptors (Lipinski definition) is 7. The van der Waals surface area contributed by atoms with Gasteiger partial charge in [-0.2, -0.15) is 4.98 Å². The van der Waals surface area contributed by atoms with Crippen molar-refractivity contribution in [1.29, 1.82) is 0 Å². The summed E-state index contributed by atoms with van der Waals surface area (Å²) in [7, 11) is 0. The molecule has 1 aliphatic rings. The Morgan fingerprint density at radius 3 is 2.67 bits per heavy atom. The van der Waals surface area contributed by atoms with Crippen molar-refractivity contribution in [2.75, 3.05) is 18.0 Å². The van der Waals surface area contributed by atoms with Crippen LogP contribution in [-0.2, 0) is 5.41 Å². The van der Waals surface area contributed by atoms with Crippen molar-refractivity contribution in [2.24, 2.45) is 0 Å². The fourth-order valence-electron chi connectivity index (χ4n) is 2.49. The lowest BCUT2D eigenvalue weighted by Gasteiger charge is -2.29. The van der Waals surface area contributed by atoms with Gasteiger partial charge in [-0.3, -0.25) is 0 Å². The van der Waals surface area contributed by atoms with Crippen LogP contribution in [0.2, 0.25) is 0 Å². The molecule has 2 aromatic rings. The molecule has 1 fully saturated rings. The van der Waals surface area contributed by atoms with Crippen LogP contribution in [0.5, 0.6) is 0 Å². The van der Waals surface area contributed by atoms with Crippen LogP contribution >= 0.6 is 0 Å². The quantitative estimate of drug-likeness (QED) is 0.840. The van der Waals surface area contributed by atoms with E-state index in [1.165, 1.54) is 0 Å². The fraction of sp³-hybridized carbons (Fsp3) is 0.714. The molecule has 1 aliphatic heterocycles. The molecule has 0 bridgehead atoms. The van der Waals surface area contributed by atoms with E-state index in [2.05, 4.69) is 46.0 Å². The minimum absolute atomic E-state index is 0.134. The molecule has 1 atom stereocenters. The van der Waals surface area contributed by atoms with Crippen molar-refractivity contribution in [3.63, 3.8) is 0 Å². The summed E-state index contributed by atoms with van der Waals surface area (Å²) in [6.45, 7) is 9.69. The molecule has 0 N–H and O–H groups in total. The Kier molecular flexibility index (Phi) is 3.43. The van der Waals surface area contributed by atoms with E-state index in [-0.39, 0.29) is 11.3 Å². The molecule has 2 aromatic heterocycles. The zero-order valence-corrected chi connectivity index (χ0v) is 13.0. The van der Waals surface area contributed by atoms with Crippen LogP contribution in [0, 0.1) is 6.92 Å². The molecule has 0 spiro atoms. The second-order valence-electron chi connectivity index (χ2n) is 6.60. The van der Waals surface area contributed by atoms with Crippen molar-refractivity contribution >= 4 is 6.01 Å². The lowest BCUT2D eigenvalue weighted by atomic mass is 9.97. The number of hydrogen-bond donors (Lipinski definition) is 0. The average molecular weight is 291 g/mol. The van der Waals surface area contributed by atoms with Gasteiger partial charge in [0.1, 0.15) is 0 Å². The maximum Gasteiger partial charge on any atom is 0.318 e. The van der Waals surface area contributed by atoms with Crippen LogP contribution in [0.25, 0.3) is 0 Å². The number of rotatable bonds is 2. The van der Waals surface area contributed by atoms with Crippen LogP contribution in [0.4, 0.5) is 6.01 Å². The van der Waals surface area contributed by atoms with Gasteiger partial charge in [0.05, 0.1) is 0 Å². The Balaban J connectivity index is 1.75. The van der Waals surface area contributed by atoms with Gasteiger partial charge in [-0.05, 0) is 12.8 Å². The van der Waals surface area contributed by atoms with Crippen LogP contribution in [-0.4, -0.2) is 33.4 Å². The third-order valence-corrected chi connectivity index (χ3v) is 3.66. The largest absolute Gasteiger partial charge is 0.407 e. The molecule has 0 saturated carbocycles. The zero-order valence-electron chi connectivity index (χ0n) is 13.0. The Labute approximate surface area is 123 Å². The normalized spacial score (nSPS) is 20.0. The van der Waals surface area contributed by atoms with Crippen molar-refractivity contribution in [2.45, 2.75) is 51.9 Å². The molecule has 21 heavy (non-hydrogen) atoms. The zero-order chi connectivity index (χ0) is 15.0. The van der Waals surface area contributed by atoms with Crippen LogP contribution in [0.1, 0.15) is 57.1 Å². The Morgan fingerprint density at radius 2 is 2.05 bits per heavy atom. The van der Waals surface area contributed by atoms with Crippen LogP contribution in [0.15, 0.2) is 8.94 Å². The first-order valence-electron chi connectivity index (χ1n) is 7.32. The molecular weight excluding hydrogens is 270 g/mol. The van der Waals surface area contributed by atoms with Crippen molar-refractivity contribution in [3.05, 3.63) is 17.6 Å². The predicted octanol–water partition coefficient (Wildman–Crippen LogP) is 2.44. The van der Waals surface area contributed by atoms with Gasteiger partial charge in [0.15, 0.2) is 5.82 Å². The smallest absolute Gasteiger partial charge is 0.318 e. The second kappa shape index (κ2) is 5.13. The summed E-state index contributed by atoms with van der Waals surface area (Å²) in [5, 5.41) is 12.4. The monoisotopic (exact) mass is 291 g/mol. The summed E-state index contributed by atoms with van der Waals surface area (Å²) in [4.78, 5) is 6.45. The van der Waals surface area contributed by atoms with Gasteiger partial charge in [-0.15, -0.1) is 5.10 Å². The number of aromatic nitrogens is 4. The molecule has 3 rings (SSSR count). The summed E-state index contributed by atoms with van der Waals surface area (Å²) in [5.41, 5.74) is -0.134. The lowest BCUT2D eigenvalue weighted by Crippen LogP contribution is -2.35. The maximum atomic E-state index is 5.82. The average Bonchev–Trinajstić information content (AvgIpc) is 3.07. The molecule has 114 valence electrons. The number of piperidine rings is 1. The van der Waals surface area contributed by atoms with Gasteiger partial charge >= 0.3 is 6.01 Å². The first-order chi connectivity index (χ1) is 9.93. The minimum atomic E-state index is -0.134. The number of aryl methyl sites for hydroxylation is 1. The highest BCUT2D eigenvalue weighted by atomic mass is 16.5. The van der Waals surface area contributed by atoms with Crippen LogP contribution in [0.3, 0.4) is 0 Å². The molecular formula is C14H21N5O2. The molecule has 1 saturated heterocycles. The predicted molar refractivity (Wildman–Crippen MR) is 76.2 cm³/mol. The summed E-state index contributed by atoms with van der Waals surface area (Å²) >= 11 is 0. The van der Waals surface area contributed by atoms with Crippen molar-refractivity contribution < 1.29 is 8.94 Å². The molecule has 0 aromatic carbocycles. The molecule has 0 unspecified atom stereocenters. The summed E-state index contributed by atoms with van der Waals surface area (Å²) in [6.07, 6.45) is 2.10. The lowest BCUT2D eigenvalue weighted by molar-refractivity contribution is 0.366. The van der Waals surface area contributed by atoms with E-state index in [1.54, 1.807) is 0 Å². The summed E-state index contributed by atoms with van der Waals surface area (Å²) in [6, 6.07) is 0.588. The molecule has 3 heterocycles. The van der Waals surface area contributed by atoms with E-state index >= 15 is 0 Å². The molecule has 7 nitrogen and oxygen atoms in total. The van der Waals surface area contributed by atoms with E-state index in [1.807, 2.05) is 6.92 Å². The molecule has 0 aliphatic carbocycles. The molecule has 0 amide bonds. The van der Waals surface area contributed by atoms with E-state index in [0.717, 1.165) is 31.8 Å². The third kappa shape index (κ3) is 2.91. The van der Waals surface area contributed by atoms with Gasteiger partial charge in [0, 0.05) is 31.3 Å². The first kappa shape index (κ1) is 14.0. The van der Waals surface area contributed by atoms with Gasteiger partial charge in [-0.1, -0.05) is 31.0 Å². The summed E-state index contributed by atoms with van der Waals surface area (Å²) < 4.78 is 10.9. The highest BCUT2D eigenvalue weighted by molar-refractivity contribution is 5.27. The minimum Gasteiger partial charge on any atom is -0.407 e. The highest BCUT2D eigenvalue weighted by Crippen LogP contribution is 2.29. The molecule has 7 heteroatoms. The molecule has 0 radical (unpaired) electrons. The van der Waals surface area contributed by atoms with Gasteiger partial charge in [-0.25, -0.2) is 0 Å². The Morgan fingerprint density at radius 1 is 1.24 bits per heavy atom. The van der Waals surface area contributed by atoms with Crippen molar-refractivity contribution in [3.8, 4) is 0 Å². The van der Waals surface area contributed by atoms with Gasteiger partial charge in [0.2, 0.25) is 11.8 Å². The topological polar surface area (TPSA) is 81.1 Å². The maximum absolute atomic E-state index is 5.82. The van der Waals surface area contributed by atoms with Crippen molar-refractivity contribution in [1.82, 2.24) is 20.3 Å². The van der Waals surface area contributed by atoms with E-state index in [4.69, 9.17) is 8.94 Å². The van der Waals surface area contributed by atoms with E-state index in [0.29, 0.717) is 17.8 Å². The Hall–Kier alpha value is -1.92. The standard InChI is InChI=1S/C14H21N5O2/c1-9-15-11(18-21-9)10-6-5-7-19(8-10)13-17-16-12(20-13)14(2,3)4/h10H,5-8H2,1-4H3/t10-/m0/s1. The number of nitrogens with zero attached hydrogens (tertiary/aromatic N) is 5. The van der Waals surface area contributed by atoms with Gasteiger partial charge < -0.3 is 13.8 Å². The SMILES string of the molecule is Cc1nc([C@H]2CCCN(c3nnc(C(C)(C)C)o3)C2)no1. The first-order valence-corrected chi connectivity index (χ1v) is 7.32. The van der Waals surface area contributed by atoms with Crippen LogP contribution < -0.4 is 4.90 Å². The van der Waals surface area contributed by atoms with E-state index < -0.39 is 0 Å². The van der Waals surface area contributed by atoms with Gasteiger partial charge in [0.25, 0.3) is 0 Å². The van der Waals surface area contributed by atoms with E-state index in [9.17, 15) is 0 Å². The number of anilines is 1. The summed E-state index contributed by atoms with van der Waals surface area (Å²) in [5.74, 6) is 2.29. The third-order valence-electron chi connectivity index (χ3n) is 3.66. The highest BCUT2D eigenvalue weighted by Gasteiger charge is 2.29.